The Balaban J connectivity index is 0.00000225. The minimum atomic E-state index is -0.222. The van der Waals surface area contributed by atoms with E-state index in [-0.39, 0.29) is 29.8 Å². The quantitative estimate of drug-likeness (QED) is 0.435. The lowest BCUT2D eigenvalue weighted by atomic mass is 10.2. The van der Waals surface area contributed by atoms with Crippen LogP contribution in [0, 0.1) is 5.82 Å². The molecule has 0 spiro atoms. The van der Waals surface area contributed by atoms with E-state index in [0.29, 0.717) is 13.1 Å². The van der Waals surface area contributed by atoms with Gasteiger partial charge >= 0.3 is 0 Å². The molecule has 0 aliphatic carbocycles. The van der Waals surface area contributed by atoms with Crippen molar-refractivity contribution in [2.75, 3.05) is 14.1 Å². The average molecular weight is 458 g/mol. The highest BCUT2D eigenvalue weighted by Gasteiger charge is 2.16. The molecule has 0 saturated heterocycles. The predicted molar refractivity (Wildman–Crippen MR) is 106 cm³/mol. The van der Waals surface area contributed by atoms with Crippen LogP contribution in [0.3, 0.4) is 0 Å². The van der Waals surface area contributed by atoms with Gasteiger partial charge in [-0.2, -0.15) is 0 Å². The van der Waals surface area contributed by atoms with E-state index in [4.69, 9.17) is 0 Å². The molecule has 0 fully saturated rings. The van der Waals surface area contributed by atoms with E-state index in [2.05, 4.69) is 25.1 Å². The van der Waals surface area contributed by atoms with Gasteiger partial charge in [0.05, 0.1) is 6.54 Å². The summed E-state index contributed by atoms with van der Waals surface area (Å²) < 4.78 is 15.2. The van der Waals surface area contributed by atoms with Gasteiger partial charge in [0.1, 0.15) is 11.6 Å². The third-order valence-corrected chi connectivity index (χ3v) is 4.25. The minimum Gasteiger partial charge on any atom is -0.349 e. The van der Waals surface area contributed by atoms with Crippen molar-refractivity contribution in [1.29, 1.82) is 0 Å². The Morgan fingerprint density at radius 2 is 2.04 bits per heavy atom. The van der Waals surface area contributed by atoms with Crippen molar-refractivity contribution in [3.8, 4) is 0 Å². The summed E-state index contributed by atoms with van der Waals surface area (Å²) in [5.41, 5.74) is 1.03. The molecule has 1 aromatic heterocycles. The van der Waals surface area contributed by atoms with Crippen molar-refractivity contribution in [3.63, 3.8) is 0 Å². The lowest BCUT2D eigenvalue weighted by Crippen LogP contribution is -2.38. The predicted octanol–water partition coefficient (Wildman–Crippen LogP) is 2.58. The fourth-order valence-corrected chi connectivity index (χ4v) is 2.98. The maximum absolute atomic E-state index is 13.0. The monoisotopic (exact) mass is 458 g/mol. The van der Waals surface area contributed by atoms with Gasteiger partial charge in [0.2, 0.25) is 0 Å². The van der Waals surface area contributed by atoms with Crippen LogP contribution in [-0.4, -0.2) is 39.7 Å². The van der Waals surface area contributed by atoms with E-state index in [1.54, 1.807) is 19.2 Å². The van der Waals surface area contributed by atoms with Gasteiger partial charge in [-0.15, -0.1) is 34.2 Å². The Labute approximate surface area is 164 Å². The molecule has 0 saturated carbocycles. The van der Waals surface area contributed by atoms with E-state index in [1.807, 2.05) is 11.9 Å². The molecule has 0 bridgehead atoms. The molecule has 1 aliphatic heterocycles. The molecule has 3 rings (SSSR count). The van der Waals surface area contributed by atoms with Crippen LogP contribution in [-0.2, 0) is 26.1 Å². The normalized spacial score (nSPS) is 13.8. The van der Waals surface area contributed by atoms with Gasteiger partial charge in [-0.05, 0) is 30.5 Å². The zero-order valence-corrected chi connectivity index (χ0v) is 16.9. The molecule has 8 heteroatoms. The maximum Gasteiger partial charge on any atom is 0.194 e. The minimum absolute atomic E-state index is 0. The molecule has 0 radical (unpaired) electrons. The van der Waals surface area contributed by atoms with Gasteiger partial charge in [-0.3, -0.25) is 4.99 Å². The zero-order valence-electron chi connectivity index (χ0n) is 14.6. The van der Waals surface area contributed by atoms with Crippen LogP contribution in [0.1, 0.15) is 30.1 Å². The molecule has 0 atom stereocenters. The number of hydrogen-bond acceptors (Lipinski definition) is 3. The smallest absolute Gasteiger partial charge is 0.194 e. The van der Waals surface area contributed by atoms with Crippen LogP contribution in [0.5, 0.6) is 0 Å². The molecule has 1 aliphatic rings. The first-order valence-corrected chi connectivity index (χ1v) is 8.24. The van der Waals surface area contributed by atoms with Gasteiger partial charge in [-0.25, -0.2) is 4.39 Å². The van der Waals surface area contributed by atoms with Crippen molar-refractivity contribution in [2.24, 2.45) is 4.99 Å². The molecule has 0 unspecified atom stereocenters. The summed E-state index contributed by atoms with van der Waals surface area (Å²) in [6, 6.07) is 6.52. The summed E-state index contributed by atoms with van der Waals surface area (Å²) in [6.45, 7) is 2.23. The first-order chi connectivity index (χ1) is 11.7. The second-order valence-electron chi connectivity index (χ2n) is 6.02. The number of aliphatic imine (C=N–C) groups is 1. The summed E-state index contributed by atoms with van der Waals surface area (Å²) in [5.74, 6) is 2.57. The highest BCUT2D eigenvalue weighted by atomic mass is 127. The first kappa shape index (κ1) is 19.6. The summed E-state index contributed by atoms with van der Waals surface area (Å²) in [6.07, 6.45) is 3.37. The van der Waals surface area contributed by atoms with Gasteiger partial charge in [0.25, 0.3) is 0 Å². The molecule has 0 amide bonds. The molecule has 1 aromatic carbocycles. The number of aryl methyl sites for hydroxylation is 1. The molecular formula is C17H24FIN6. The van der Waals surface area contributed by atoms with Crippen molar-refractivity contribution < 1.29 is 4.39 Å². The highest BCUT2D eigenvalue weighted by molar-refractivity contribution is 14.0. The third kappa shape index (κ3) is 4.90. The molecule has 2 heterocycles. The van der Waals surface area contributed by atoms with Crippen molar-refractivity contribution >= 4 is 29.9 Å². The Morgan fingerprint density at radius 1 is 1.28 bits per heavy atom. The van der Waals surface area contributed by atoms with Gasteiger partial charge in [-0.1, -0.05) is 12.1 Å². The second-order valence-corrected chi connectivity index (χ2v) is 6.02. The molecular weight excluding hydrogens is 434 g/mol. The van der Waals surface area contributed by atoms with Crippen molar-refractivity contribution in [1.82, 2.24) is 25.0 Å². The fraction of sp³-hybridized carbons (Fsp3) is 0.471. The second kappa shape index (κ2) is 9.12. The molecule has 2 aromatic rings. The summed E-state index contributed by atoms with van der Waals surface area (Å²) in [4.78, 5) is 6.31. The third-order valence-electron chi connectivity index (χ3n) is 4.25. The van der Waals surface area contributed by atoms with E-state index in [9.17, 15) is 4.39 Å². The first-order valence-electron chi connectivity index (χ1n) is 8.24. The summed E-state index contributed by atoms with van der Waals surface area (Å²) in [7, 11) is 3.71. The number of nitrogens with zero attached hydrogens (tertiary/aromatic N) is 5. The van der Waals surface area contributed by atoms with E-state index < -0.39 is 0 Å². The standard InChI is InChI=1S/C17H23FN6.HI/c1-19-17(23(2)12-13-6-8-14(18)9-7-13)20-11-16-22-21-15-5-3-4-10-24(15)16;/h6-9H,3-5,10-12H2,1-2H3,(H,19,20);1H. The lowest BCUT2D eigenvalue weighted by Gasteiger charge is -2.22. The lowest BCUT2D eigenvalue weighted by molar-refractivity contribution is 0.468. The largest absolute Gasteiger partial charge is 0.349 e. The number of benzene rings is 1. The van der Waals surface area contributed by atoms with Crippen LogP contribution in [0.15, 0.2) is 29.3 Å². The Bertz CT molecular complexity index is 712. The van der Waals surface area contributed by atoms with E-state index in [1.165, 1.54) is 25.0 Å². The van der Waals surface area contributed by atoms with Gasteiger partial charge in [0, 0.05) is 33.6 Å². The van der Waals surface area contributed by atoms with Gasteiger partial charge in [0.15, 0.2) is 11.8 Å². The number of guanidine groups is 1. The molecule has 25 heavy (non-hydrogen) atoms. The number of nitrogens with one attached hydrogen (secondary N) is 1. The molecule has 136 valence electrons. The Morgan fingerprint density at radius 3 is 2.76 bits per heavy atom. The number of aromatic nitrogens is 3. The fourth-order valence-electron chi connectivity index (χ4n) is 2.98. The topological polar surface area (TPSA) is 58.3 Å². The van der Waals surface area contributed by atoms with Crippen LogP contribution in [0.2, 0.25) is 0 Å². The zero-order chi connectivity index (χ0) is 16.9. The number of fused-ring (bicyclic) bond motifs is 1. The van der Waals surface area contributed by atoms with E-state index in [0.717, 1.165) is 36.1 Å². The van der Waals surface area contributed by atoms with Crippen molar-refractivity contribution in [3.05, 3.63) is 47.3 Å². The summed E-state index contributed by atoms with van der Waals surface area (Å²) >= 11 is 0. The van der Waals surface area contributed by atoms with Crippen LogP contribution in [0.25, 0.3) is 0 Å². The highest BCUT2D eigenvalue weighted by Crippen LogP contribution is 2.14. The Hall–Kier alpha value is -1.71. The number of rotatable bonds is 4. The molecule has 1 N–H and O–H groups in total. The van der Waals surface area contributed by atoms with Crippen LogP contribution < -0.4 is 5.32 Å². The number of halogens is 2. The Kier molecular flexibility index (Phi) is 7.15. The van der Waals surface area contributed by atoms with Gasteiger partial charge < -0.3 is 14.8 Å². The van der Waals surface area contributed by atoms with Crippen LogP contribution >= 0.6 is 24.0 Å². The van der Waals surface area contributed by atoms with Crippen molar-refractivity contribution in [2.45, 2.75) is 38.9 Å². The van der Waals surface area contributed by atoms with Crippen LogP contribution in [0.4, 0.5) is 4.39 Å². The van der Waals surface area contributed by atoms with E-state index >= 15 is 0 Å². The summed E-state index contributed by atoms with van der Waals surface area (Å²) in [5, 5.41) is 11.9. The number of hydrogen-bond donors (Lipinski definition) is 1. The molecule has 6 nitrogen and oxygen atoms in total. The maximum atomic E-state index is 13.0. The average Bonchev–Trinajstić information content (AvgIpc) is 3.01. The SMILES string of the molecule is CN=C(NCc1nnc2n1CCCC2)N(C)Cc1ccc(F)cc1.I.